The van der Waals surface area contributed by atoms with E-state index in [9.17, 15) is 18.0 Å². The maximum absolute atomic E-state index is 13.5. The van der Waals surface area contributed by atoms with Gasteiger partial charge < -0.3 is 10.0 Å². The molecule has 1 aliphatic heterocycles. The van der Waals surface area contributed by atoms with Crippen LogP contribution in [0.4, 0.5) is 13.2 Å². The molecule has 1 heterocycles. The van der Waals surface area contributed by atoms with E-state index in [-0.39, 0.29) is 19.1 Å². The average Bonchev–Trinajstić information content (AvgIpc) is 2.37. The fourth-order valence-electron chi connectivity index (χ4n) is 2.30. The summed E-state index contributed by atoms with van der Waals surface area (Å²) in [6, 6.07) is 0.980. The van der Waals surface area contributed by atoms with Gasteiger partial charge in [0.05, 0.1) is 0 Å². The van der Waals surface area contributed by atoms with Crippen molar-refractivity contribution >= 4 is 5.91 Å². The van der Waals surface area contributed by atoms with Crippen molar-refractivity contribution < 1.29 is 23.1 Å². The minimum absolute atomic E-state index is 0.0713. The fourth-order valence-corrected chi connectivity index (χ4v) is 2.30. The molecule has 3 nitrogen and oxygen atoms in total. The largest absolute Gasteiger partial charge is 0.396 e. The van der Waals surface area contributed by atoms with Crippen LogP contribution in [0.2, 0.25) is 0 Å². The van der Waals surface area contributed by atoms with E-state index in [0.717, 1.165) is 6.42 Å². The summed E-state index contributed by atoms with van der Waals surface area (Å²) in [6.07, 6.45) is 1.44. The van der Waals surface area contributed by atoms with Crippen molar-refractivity contribution in [2.24, 2.45) is 5.92 Å². The Bertz CT molecular complexity index is 470. The number of likely N-dealkylation sites (tertiary alicyclic amines) is 1. The Labute approximate surface area is 108 Å². The number of aliphatic hydroxyl groups is 1. The number of nitrogens with zero attached hydrogens (tertiary/aromatic N) is 1. The average molecular weight is 273 g/mol. The molecule has 2 rings (SSSR count). The maximum atomic E-state index is 13.5. The Morgan fingerprint density at radius 1 is 1.32 bits per heavy atom. The number of hydrogen-bond acceptors (Lipinski definition) is 2. The van der Waals surface area contributed by atoms with Crippen LogP contribution in [0.5, 0.6) is 0 Å². The van der Waals surface area contributed by atoms with Crippen LogP contribution in [0, 0.1) is 23.4 Å². The molecule has 19 heavy (non-hydrogen) atoms. The Kier molecular flexibility index (Phi) is 4.09. The summed E-state index contributed by atoms with van der Waals surface area (Å²) in [6.45, 7) is 0.565. The van der Waals surface area contributed by atoms with E-state index in [1.165, 1.54) is 4.90 Å². The molecule has 0 saturated carbocycles. The van der Waals surface area contributed by atoms with E-state index < -0.39 is 28.9 Å². The molecule has 1 saturated heterocycles. The van der Waals surface area contributed by atoms with Gasteiger partial charge in [0.25, 0.3) is 5.91 Å². The molecule has 0 spiro atoms. The molecule has 1 N–H and O–H groups in total. The highest BCUT2D eigenvalue weighted by Gasteiger charge is 2.28. The van der Waals surface area contributed by atoms with Gasteiger partial charge in [-0.1, -0.05) is 0 Å². The molecule has 0 aliphatic carbocycles. The van der Waals surface area contributed by atoms with E-state index >= 15 is 0 Å². The van der Waals surface area contributed by atoms with Crippen LogP contribution in [0.1, 0.15) is 23.2 Å². The number of benzene rings is 1. The van der Waals surface area contributed by atoms with Crippen molar-refractivity contribution in [2.75, 3.05) is 19.7 Å². The molecule has 0 bridgehead atoms. The molecule has 104 valence electrons. The minimum Gasteiger partial charge on any atom is -0.396 e. The summed E-state index contributed by atoms with van der Waals surface area (Å²) in [7, 11) is 0. The van der Waals surface area contributed by atoms with Crippen molar-refractivity contribution in [2.45, 2.75) is 12.8 Å². The van der Waals surface area contributed by atoms with Gasteiger partial charge in [-0.05, 0) is 18.8 Å². The molecular formula is C13H14F3NO2. The predicted octanol–water partition coefficient (Wildman–Crippen LogP) is 1.95. The molecule has 1 unspecified atom stereocenters. The number of piperidine rings is 1. The number of halogens is 3. The van der Waals surface area contributed by atoms with Crippen LogP contribution < -0.4 is 0 Å². The highest BCUT2D eigenvalue weighted by atomic mass is 19.1. The summed E-state index contributed by atoms with van der Waals surface area (Å²) in [4.78, 5) is 13.4. The minimum atomic E-state index is -1.20. The first-order valence-electron chi connectivity index (χ1n) is 6.07. The zero-order valence-electron chi connectivity index (χ0n) is 10.2. The molecule has 1 aromatic rings. The molecule has 1 fully saturated rings. The van der Waals surface area contributed by atoms with Crippen LogP contribution in [-0.4, -0.2) is 35.6 Å². The summed E-state index contributed by atoms with van der Waals surface area (Å²) < 4.78 is 39.8. The lowest BCUT2D eigenvalue weighted by Gasteiger charge is -2.32. The first-order chi connectivity index (χ1) is 9.02. The van der Waals surface area contributed by atoms with Gasteiger partial charge >= 0.3 is 0 Å². The lowest BCUT2D eigenvalue weighted by molar-refractivity contribution is 0.0611. The van der Waals surface area contributed by atoms with E-state index in [1.807, 2.05) is 0 Å². The lowest BCUT2D eigenvalue weighted by atomic mass is 9.98. The molecular weight excluding hydrogens is 259 g/mol. The van der Waals surface area contributed by atoms with Crippen LogP contribution >= 0.6 is 0 Å². The second-order valence-electron chi connectivity index (χ2n) is 4.69. The van der Waals surface area contributed by atoms with Gasteiger partial charge in [0.2, 0.25) is 0 Å². The second-order valence-corrected chi connectivity index (χ2v) is 4.69. The predicted molar refractivity (Wildman–Crippen MR) is 62.0 cm³/mol. The molecule has 0 radical (unpaired) electrons. The van der Waals surface area contributed by atoms with Crippen LogP contribution in [0.3, 0.4) is 0 Å². The highest BCUT2D eigenvalue weighted by molar-refractivity contribution is 5.94. The second kappa shape index (κ2) is 5.61. The van der Waals surface area contributed by atoms with Crippen LogP contribution in [-0.2, 0) is 0 Å². The van der Waals surface area contributed by atoms with Crippen LogP contribution in [0.15, 0.2) is 12.1 Å². The Morgan fingerprint density at radius 3 is 2.53 bits per heavy atom. The molecule has 1 aromatic carbocycles. The molecule has 1 amide bonds. The number of hydrogen-bond donors (Lipinski definition) is 1. The van der Waals surface area contributed by atoms with Crippen molar-refractivity contribution in [3.63, 3.8) is 0 Å². The maximum Gasteiger partial charge on any atom is 0.259 e. The third-order valence-corrected chi connectivity index (χ3v) is 3.29. The van der Waals surface area contributed by atoms with Crippen molar-refractivity contribution in [3.8, 4) is 0 Å². The summed E-state index contributed by atoms with van der Waals surface area (Å²) in [5.41, 5.74) is -0.736. The monoisotopic (exact) mass is 273 g/mol. The van der Waals surface area contributed by atoms with Gasteiger partial charge in [0, 0.05) is 31.8 Å². The summed E-state index contributed by atoms with van der Waals surface area (Å²) in [5.74, 6) is -4.34. The summed E-state index contributed by atoms with van der Waals surface area (Å²) >= 11 is 0. The van der Waals surface area contributed by atoms with Gasteiger partial charge in [-0.3, -0.25) is 4.79 Å². The SMILES string of the molecule is O=C(c1c(F)cc(F)cc1F)N1CCCC(CO)C1. The number of carbonyl (C=O) groups excluding carboxylic acids is 1. The zero-order chi connectivity index (χ0) is 14.0. The molecule has 1 aliphatic rings. The smallest absolute Gasteiger partial charge is 0.259 e. The van der Waals surface area contributed by atoms with E-state index in [1.54, 1.807) is 0 Å². The third kappa shape index (κ3) is 2.89. The number of rotatable bonds is 2. The van der Waals surface area contributed by atoms with Crippen molar-refractivity contribution in [1.82, 2.24) is 4.90 Å². The van der Waals surface area contributed by atoms with Crippen LogP contribution in [0.25, 0.3) is 0 Å². The Balaban J connectivity index is 2.24. The topological polar surface area (TPSA) is 40.5 Å². The van der Waals surface area contributed by atoms with Gasteiger partial charge in [-0.25, -0.2) is 13.2 Å². The Morgan fingerprint density at radius 2 is 1.95 bits per heavy atom. The standard InChI is InChI=1S/C13H14F3NO2/c14-9-4-10(15)12(11(16)5-9)13(19)17-3-1-2-8(6-17)7-18/h4-5,8,18H,1-3,6-7H2. The lowest BCUT2D eigenvalue weighted by Crippen LogP contribution is -2.41. The number of aliphatic hydroxyl groups excluding tert-OH is 1. The number of carbonyl (C=O) groups is 1. The Hall–Kier alpha value is -1.56. The molecule has 1 atom stereocenters. The first kappa shape index (κ1) is 13.9. The van der Waals surface area contributed by atoms with Crippen molar-refractivity contribution in [1.29, 1.82) is 0 Å². The first-order valence-corrected chi connectivity index (χ1v) is 6.07. The fraction of sp³-hybridized carbons (Fsp3) is 0.462. The summed E-state index contributed by atoms with van der Waals surface area (Å²) in [5, 5.41) is 9.07. The van der Waals surface area contributed by atoms with E-state index in [2.05, 4.69) is 0 Å². The third-order valence-electron chi connectivity index (χ3n) is 3.29. The van der Waals surface area contributed by atoms with Crippen molar-refractivity contribution in [3.05, 3.63) is 35.1 Å². The highest BCUT2D eigenvalue weighted by Crippen LogP contribution is 2.21. The van der Waals surface area contributed by atoms with Gasteiger partial charge in [0.1, 0.15) is 23.0 Å². The normalized spacial score (nSPS) is 19.6. The molecule has 6 heteroatoms. The van der Waals surface area contributed by atoms with Gasteiger partial charge in [0.15, 0.2) is 0 Å². The number of amides is 1. The molecule has 0 aromatic heterocycles. The van der Waals surface area contributed by atoms with Gasteiger partial charge in [-0.15, -0.1) is 0 Å². The van der Waals surface area contributed by atoms with E-state index in [4.69, 9.17) is 5.11 Å². The quantitative estimate of drug-likeness (QED) is 0.894. The van der Waals surface area contributed by atoms with Gasteiger partial charge in [-0.2, -0.15) is 0 Å². The van der Waals surface area contributed by atoms with E-state index in [0.29, 0.717) is 25.1 Å². The zero-order valence-corrected chi connectivity index (χ0v) is 10.2.